The molecular formula is C12H10N4O3. The Morgan fingerprint density at radius 1 is 1.37 bits per heavy atom. The smallest absolute Gasteiger partial charge is 0.237 e. The number of imide groups is 1. The Kier molecular flexibility index (Phi) is 2.59. The SMILES string of the molecule is O=Cc1cccc2nc(C3CCC(=O)NC3=O)nn12. The van der Waals surface area contributed by atoms with E-state index >= 15 is 0 Å². The maximum Gasteiger partial charge on any atom is 0.237 e. The van der Waals surface area contributed by atoms with Gasteiger partial charge in [-0.25, -0.2) is 9.50 Å². The number of nitrogens with one attached hydrogen (secondary N) is 1. The van der Waals surface area contributed by atoms with Gasteiger partial charge in [-0.3, -0.25) is 19.7 Å². The molecule has 96 valence electrons. The van der Waals surface area contributed by atoms with Crippen LogP contribution in [-0.4, -0.2) is 32.7 Å². The van der Waals surface area contributed by atoms with Gasteiger partial charge >= 0.3 is 0 Å². The van der Waals surface area contributed by atoms with Crippen molar-refractivity contribution in [2.75, 3.05) is 0 Å². The molecule has 19 heavy (non-hydrogen) atoms. The summed E-state index contributed by atoms with van der Waals surface area (Å²) in [6.45, 7) is 0. The van der Waals surface area contributed by atoms with Crippen molar-refractivity contribution < 1.29 is 14.4 Å². The maximum absolute atomic E-state index is 11.7. The molecule has 2 amide bonds. The molecule has 3 heterocycles. The topological polar surface area (TPSA) is 93.4 Å². The average molecular weight is 258 g/mol. The first kappa shape index (κ1) is 11.5. The summed E-state index contributed by atoms with van der Waals surface area (Å²) in [7, 11) is 0. The van der Waals surface area contributed by atoms with E-state index in [1.807, 2.05) is 0 Å². The van der Waals surface area contributed by atoms with E-state index in [2.05, 4.69) is 15.4 Å². The molecule has 2 aromatic heterocycles. The third kappa shape index (κ3) is 1.88. The van der Waals surface area contributed by atoms with Crippen LogP contribution in [0.4, 0.5) is 0 Å². The number of fused-ring (bicyclic) bond motifs is 1. The highest BCUT2D eigenvalue weighted by atomic mass is 16.2. The van der Waals surface area contributed by atoms with Gasteiger partial charge in [0, 0.05) is 6.42 Å². The number of pyridine rings is 1. The number of amides is 2. The van der Waals surface area contributed by atoms with Crippen LogP contribution in [0.3, 0.4) is 0 Å². The summed E-state index contributed by atoms with van der Waals surface area (Å²) in [5, 5.41) is 6.45. The summed E-state index contributed by atoms with van der Waals surface area (Å²) in [4.78, 5) is 38.0. The molecule has 0 aliphatic carbocycles. The summed E-state index contributed by atoms with van der Waals surface area (Å²) in [5.74, 6) is -0.880. The summed E-state index contributed by atoms with van der Waals surface area (Å²) in [6, 6.07) is 5.01. The Bertz CT molecular complexity index is 691. The maximum atomic E-state index is 11.7. The number of carbonyl (C=O) groups excluding carboxylic acids is 3. The lowest BCUT2D eigenvalue weighted by Gasteiger charge is -2.17. The van der Waals surface area contributed by atoms with Gasteiger partial charge in [-0.1, -0.05) is 6.07 Å². The van der Waals surface area contributed by atoms with Crippen molar-refractivity contribution >= 4 is 23.7 Å². The van der Waals surface area contributed by atoms with E-state index in [4.69, 9.17) is 0 Å². The molecule has 1 N–H and O–H groups in total. The fraction of sp³-hybridized carbons (Fsp3) is 0.250. The third-order valence-corrected chi connectivity index (χ3v) is 3.08. The van der Waals surface area contributed by atoms with Crippen LogP contribution in [0.15, 0.2) is 18.2 Å². The predicted octanol–water partition coefficient (Wildman–Crippen LogP) is 0.0620. The van der Waals surface area contributed by atoms with E-state index in [-0.39, 0.29) is 18.2 Å². The molecule has 1 unspecified atom stereocenters. The van der Waals surface area contributed by atoms with Gasteiger partial charge in [0.25, 0.3) is 0 Å². The second-order valence-electron chi connectivity index (χ2n) is 4.31. The zero-order chi connectivity index (χ0) is 13.4. The molecule has 7 nitrogen and oxygen atoms in total. The highest BCUT2D eigenvalue weighted by Crippen LogP contribution is 2.22. The molecule has 7 heteroatoms. The molecule has 0 spiro atoms. The average Bonchev–Trinajstić information content (AvgIpc) is 2.81. The molecule has 0 saturated carbocycles. The normalized spacial score (nSPS) is 19.5. The number of aldehydes is 1. The van der Waals surface area contributed by atoms with Crippen LogP contribution in [0.2, 0.25) is 0 Å². The van der Waals surface area contributed by atoms with Crippen LogP contribution in [0.1, 0.15) is 35.1 Å². The first-order chi connectivity index (χ1) is 9.19. The summed E-state index contributed by atoms with van der Waals surface area (Å²) in [6.07, 6.45) is 1.33. The molecule has 1 atom stereocenters. The van der Waals surface area contributed by atoms with Gasteiger partial charge in [0.05, 0.1) is 0 Å². The van der Waals surface area contributed by atoms with Gasteiger partial charge in [0.2, 0.25) is 11.8 Å². The Morgan fingerprint density at radius 3 is 2.95 bits per heavy atom. The lowest BCUT2D eigenvalue weighted by atomic mass is 9.98. The summed E-state index contributed by atoms with van der Waals surface area (Å²) < 4.78 is 1.39. The van der Waals surface area contributed by atoms with Crippen molar-refractivity contribution in [3.8, 4) is 0 Å². The van der Waals surface area contributed by atoms with E-state index in [1.54, 1.807) is 18.2 Å². The molecule has 0 bridgehead atoms. The minimum Gasteiger partial charge on any atom is -0.296 e. The first-order valence-electron chi connectivity index (χ1n) is 5.83. The monoisotopic (exact) mass is 258 g/mol. The predicted molar refractivity (Wildman–Crippen MR) is 63.5 cm³/mol. The van der Waals surface area contributed by atoms with Gasteiger partial charge in [0.15, 0.2) is 17.8 Å². The minimum absolute atomic E-state index is 0.270. The largest absolute Gasteiger partial charge is 0.296 e. The van der Waals surface area contributed by atoms with Gasteiger partial charge < -0.3 is 0 Å². The van der Waals surface area contributed by atoms with Gasteiger partial charge in [0.1, 0.15) is 11.6 Å². The van der Waals surface area contributed by atoms with Crippen LogP contribution < -0.4 is 5.32 Å². The number of hydrogen-bond acceptors (Lipinski definition) is 5. The zero-order valence-electron chi connectivity index (χ0n) is 9.87. The molecule has 0 radical (unpaired) electrons. The highest BCUT2D eigenvalue weighted by molar-refractivity contribution is 6.00. The second kappa shape index (κ2) is 4.27. The number of nitrogens with zero attached hydrogens (tertiary/aromatic N) is 3. The molecule has 1 aliphatic heterocycles. The zero-order valence-corrected chi connectivity index (χ0v) is 9.87. The van der Waals surface area contributed by atoms with Crippen LogP contribution in [0, 0.1) is 0 Å². The summed E-state index contributed by atoms with van der Waals surface area (Å²) >= 11 is 0. The van der Waals surface area contributed by atoms with Crippen LogP contribution >= 0.6 is 0 Å². The Hall–Kier alpha value is -2.57. The fourth-order valence-corrected chi connectivity index (χ4v) is 2.12. The number of rotatable bonds is 2. The van der Waals surface area contributed by atoms with Crippen LogP contribution in [0.5, 0.6) is 0 Å². The number of carbonyl (C=O) groups is 3. The molecule has 0 aromatic carbocycles. The molecular weight excluding hydrogens is 248 g/mol. The lowest BCUT2D eigenvalue weighted by Crippen LogP contribution is -2.39. The molecule has 2 aromatic rings. The van der Waals surface area contributed by atoms with E-state index in [1.165, 1.54) is 4.52 Å². The minimum atomic E-state index is -0.544. The third-order valence-electron chi connectivity index (χ3n) is 3.08. The molecule has 1 fully saturated rings. The quantitative estimate of drug-likeness (QED) is 0.607. The first-order valence-corrected chi connectivity index (χ1v) is 5.83. The lowest BCUT2D eigenvalue weighted by molar-refractivity contribution is -0.134. The second-order valence-corrected chi connectivity index (χ2v) is 4.31. The van der Waals surface area contributed by atoms with Gasteiger partial charge in [-0.05, 0) is 18.6 Å². The fourth-order valence-electron chi connectivity index (χ4n) is 2.12. The number of hydrogen-bond donors (Lipinski definition) is 1. The summed E-state index contributed by atoms with van der Waals surface area (Å²) in [5.41, 5.74) is 0.868. The van der Waals surface area contributed by atoms with Crippen molar-refractivity contribution in [1.82, 2.24) is 19.9 Å². The van der Waals surface area contributed by atoms with Crippen molar-refractivity contribution in [2.24, 2.45) is 0 Å². The van der Waals surface area contributed by atoms with Crippen molar-refractivity contribution in [1.29, 1.82) is 0 Å². The highest BCUT2D eigenvalue weighted by Gasteiger charge is 2.31. The van der Waals surface area contributed by atoms with Crippen LogP contribution in [-0.2, 0) is 9.59 Å². The van der Waals surface area contributed by atoms with E-state index in [0.717, 1.165) is 0 Å². The van der Waals surface area contributed by atoms with Gasteiger partial charge in [-0.2, -0.15) is 0 Å². The number of piperidine rings is 1. The van der Waals surface area contributed by atoms with Crippen molar-refractivity contribution in [2.45, 2.75) is 18.8 Å². The van der Waals surface area contributed by atoms with E-state index in [0.29, 0.717) is 29.9 Å². The van der Waals surface area contributed by atoms with E-state index in [9.17, 15) is 14.4 Å². The molecule has 1 saturated heterocycles. The van der Waals surface area contributed by atoms with E-state index < -0.39 is 5.92 Å². The molecule has 3 rings (SSSR count). The van der Waals surface area contributed by atoms with Crippen LogP contribution in [0.25, 0.3) is 5.65 Å². The Morgan fingerprint density at radius 2 is 2.21 bits per heavy atom. The van der Waals surface area contributed by atoms with Gasteiger partial charge in [-0.15, -0.1) is 5.10 Å². The van der Waals surface area contributed by atoms with Crippen molar-refractivity contribution in [3.63, 3.8) is 0 Å². The Balaban J connectivity index is 2.04. The Labute approximate surface area is 107 Å². The molecule has 1 aliphatic rings. The number of aromatic nitrogens is 3. The standard InChI is InChI=1S/C12H10N4O3/c17-6-7-2-1-3-9-13-11(15-16(7)9)8-4-5-10(18)14-12(8)19/h1-3,6,8H,4-5H2,(H,14,18,19). The van der Waals surface area contributed by atoms with Crippen molar-refractivity contribution in [3.05, 3.63) is 29.7 Å².